The van der Waals surface area contributed by atoms with E-state index in [2.05, 4.69) is 51.3 Å². The maximum atomic E-state index is 9.30. The Balaban J connectivity index is 1.23. The molecule has 2 heterocycles. The van der Waals surface area contributed by atoms with E-state index >= 15 is 0 Å². The Morgan fingerprint density at radius 2 is 1.90 bits per heavy atom. The number of nitrogens with zero attached hydrogens (tertiary/aromatic N) is 3. The number of piperazine rings is 1. The van der Waals surface area contributed by atoms with Crippen LogP contribution < -0.4 is 9.64 Å². The van der Waals surface area contributed by atoms with Crippen molar-refractivity contribution in [1.82, 2.24) is 9.88 Å². The van der Waals surface area contributed by atoms with Gasteiger partial charge in [0.25, 0.3) is 0 Å². The van der Waals surface area contributed by atoms with Crippen molar-refractivity contribution in [3.05, 3.63) is 59.8 Å². The lowest BCUT2D eigenvalue weighted by molar-refractivity contribution is 0.186. The van der Waals surface area contributed by atoms with Crippen molar-refractivity contribution in [3.63, 3.8) is 0 Å². The molecule has 0 bridgehead atoms. The fourth-order valence-electron chi connectivity index (χ4n) is 5.30. The molecule has 0 radical (unpaired) electrons. The lowest BCUT2D eigenvalue weighted by Crippen LogP contribution is -2.49. The van der Waals surface area contributed by atoms with E-state index < -0.39 is 0 Å². The van der Waals surface area contributed by atoms with Gasteiger partial charge in [0, 0.05) is 61.1 Å². The molecule has 0 spiro atoms. The molecule has 2 fully saturated rings. The molecule has 154 valence electrons. The van der Waals surface area contributed by atoms with Crippen LogP contribution in [0.3, 0.4) is 0 Å². The second kappa shape index (κ2) is 8.04. The van der Waals surface area contributed by atoms with Crippen LogP contribution in [0.25, 0.3) is 10.9 Å². The van der Waals surface area contributed by atoms with Gasteiger partial charge < -0.3 is 14.6 Å². The number of fused-ring (bicyclic) bond motifs is 1. The molecule has 1 aliphatic heterocycles. The highest BCUT2D eigenvalue weighted by Crippen LogP contribution is 2.40. The third-order valence-corrected chi connectivity index (χ3v) is 6.92. The molecule has 2 aromatic carbocycles. The molecule has 1 aliphatic carbocycles. The highest BCUT2D eigenvalue weighted by atomic mass is 16.5. The van der Waals surface area contributed by atoms with Crippen LogP contribution in [0, 0.1) is 11.3 Å². The predicted molar refractivity (Wildman–Crippen MR) is 120 cm³/mol. The Hall–Kier alpha value is -2.97. The van der Waals surface area contributed by atoms with Crippen molar-refractivity contribution in [3.8, 4) is 11.8 Å². The Kier molecular flexibility index (Phi) is 5.10. The zero-order valence-electron chi connectivity index (χ0n) is 17.5. The number of methoxy groups -OCH3 is 1. The fraction of sp³-hybridized carbons (Fsp3) is 0.400. The van der Waals surface area contributed by atoms with Gasteiger partial charge in [-0.1, -0.05) is 18.2 Å². The molecule has 2 aliphatic rings. The summed E-state index contributed by atoms with van der Waals surface area (Å²) in [7, 11) is 1.66. The van der Waals surface area contributed by atoms with Gasteiger partial charge in [0.1, 0.15) is 5.75 Å². The first-order valence-electron chi connectivity index (χ1n) is 10.9. The molecule has 0 amide bonds. The van der Waals surface area contributed by atoms with Crippen LogP contribution in [0.1, 0.15) is 36.3 Å². The van der Waals surface area contributed by atoms with E-state index in [1.807, 2.05) is 12.1 Å². The summed E-state index contributed by atoms with van der Waals surface area (Å²) in [4.78, 5) is 8.51. The molecular formula is C25H28N4O. The van der Waals surface area contributed by atoms with E-state index in [0.717, 1.165) is 37.6 Å². The number of hydrogen-bond acceptors (Lipinski definition) is 4. The first-order chi connectivity index (χ1) is 14.7. The summed E-state index contributed by atoms with van der Waals surface area (Å²) in [6.45, 7) is 4.13. The quantitative estimate of drug-likeness (QED) is 0.700. The molecule has 2 unspecified atom stereocenters. The Bertz CT molecular complexity index is 1070. The van der Waals surface area contributed by atoms with Gasteiger partial charge in [-0.15, -0.1) is 0 Å². The highest BCUT2D eigenvalue weighted by molar-refractivity contribution is 5.83. The van der Waals surface area contributed by atoms with Gasteiger partial charge in [-0.3, -0.25) is 4.90 Å². The number of aromatic nitrogens is 1. The molecule has 5 nitrogen and oxygen atoms in total. The van der Waals surface area contributed by atoms with E-state index in [0.29, 0.717) is 17.5 Å². The lowest BCUT2D eigenvalue weighted by atomic mass is 9.97. The molecule has 1 saturated heterocycles. The number of nitriles is 1. The summed E-state index contributed by atoms with van der Waals surface area (Å²) in [5.41, 5.74) is 4.49. The molecule has 2 atom stereocenters. The molecule has 30 heavy (non-hydrogen) atoms. The maximum Gasteiger partial charge on any atom is 0.122 e. The van der Waals surface area contributed by atoms with Crippen LogP contribution in [0.2, 0.25) is 0 Å². The molecule has 5 heteroatoms. The predicted octanol–water partition coefficient (Wildman–Crippen LogP) is 4.51. The van der Waals surface area contributed by atoms with Gasteiger partial charge in [-0.2, -0.15) is 5.26 Å². The number of hydrogen-bond donors (Lipinski definition) is 1. The minimum atomic E-state index is 0.653. The van der Waals surface area contributed by atoms with Crippen molar-refractivity contribution in [2.24, 2.45) is 0 Å². The van der Waals surface area contributed by atoms with Crippen molar-refractivity contribution in [2.75, 3.05) is 38.2 Å². The first kappa shape index (κ1) is 19.0. The Morgan fingerprint density at radius 3 is 2.70 bits per heavy atom. The number of benzene rings is 2. The minimum Gasteiger partial charge on any atom is -0.497 e. The van der Waals surface area contributed by atoms with Gasteiger partial charge in [0.05, 0.1) is 18.7 Å². The van der Waals surface area contributed by atoms with Crippen LogP contribution >= 0.6 is 0 Å². The van der Waals surface area contributed by atoms with Gasteiger partial charge in [0.15, 0.2) is 0 Å². The number of aromatic amines is 1. The SMILES string of the molecule is COc1cc(C#N)cc(N2CCN(C3CCC(c4c[nH]c5ccccc45)C3)CC2)c1. The lowest BCUT2D eigenvalue weighted by Gasteiger charge is -2.39. The second-order valence-corrected chi connectivity index (χ2v) is 8.51. The third-order valence-electron chi connectivity index (χ3n) is 6.92. The first-order valence-corrected chi connectivity index (χ1v) is 10.9. The largest absolute Gasteiger partial charge is 0.497 e. The summed E-state index contributed by atoms with van der Waals surface area (Å²) >= 11 is 0. The van der Waals surface area contributed by atoms with Gasteiger partial charge >= 0.3 is 0 Å². The van der Waals surface area contributed by atoms with Gasteiger partial charge in [0.2, 0.25) is 0 Å². The molecule has 5 rings (SSSR count). The standard InChI is InChI=1S/C25H28N4O/c1-30-22-13-18(16-26)12-21(15-22)29-10-8-28(9-11-29)20-7-6-19(14-20)24-17-27-25-5-3-2-4-23(24)25/h2-5,12-13,15,17,19-20,27H,6-11,14H2,1H3. The molecule has 1 N–H and O–H groups in total. The smallest absolute Gasteiger partial charge is 0.122 e. The van der Waals surface area contributed by atoms with Crippen LogP contribution in [-0.4, -0.2) is 49.2 Å². The maximum absolute atomic E-state index is 9.30. The van der Waals surface area contributed by atoms with Crippen molar-refractivity contribution in [1.29, 1.82) is 5.26 Å². The summed E-state index contributed by atoms with van der Waals surface area (Å²) in [5.74, 6) is 1.41. The summed E-state index contributed by atoms with van der Waals surface area (Å²) < 4.78 is 5.38. The molecule has 1 saturated carbocycles. The number of para-hydroxylation sites is 1. The highest BCUT2D eigenvalue weighted by Gasteiger charge is 2.33. The minimum absolute atomic E-state index is 0.653. The summed E-state index contributed by atoms with van der Waals surface area (Å²) in [6.07, 6.45) is 6.03. The van der Waals surface area contributed by atoms with Crippen LogP contribution in [-0.2, 0) is 0 Å². The number of anilines is 1. The van der Waals surface area contributed by atoms with E-state index in [1.54, 1.807) is 13.2 Å². The van der Waals surface area contributed by atoms with Crippen molar-refractivity contribution in [2.45, 2.75) is 31.2 Å². The topological polar surface area (TPSA) is 55.3 Å². The van der Waals surface area contributed by atoms with Crippen LogP contribution in [0.4, 0.5) is 5.69 Å². The van der Waals surface area contributed by atoms with Crippen LogP contribution in [0.5, 0.6) is 5.75 Å². The normalized spacial score (nSPS) is 22.3. The van der Waals surface area contributed by atoms with Gasteiger partial charge in [-0.05, 0) is 48.9 Å². The molecular weight excluding hydrogens is 372 g/mol. The average Bonchev–Trinajstić information content (AvgIpc) is 3.46. The van der Waals surface area contributed by atoms with E-state index in [9.17, 15) is 5.26 Å². The number of H-pyrrole nitrogens is 1. The molecule has 3 aromatic rings. The van der Waals surface area contributed by atoms with Gasteiger partial charge in [-0.25, -0.2) is 0 Å². The monoisotopic (exact) mass is 400 g/mol. The summed E-state index contributed by atoms with van der Waals surface area (Å²) in [6, 6.07) is 17.4. The second-order valence-electron chi connectivity index (χ2n) is 8.51. The average molecular weight is 401 g/mol. The van der Waals surface area contributed by atoms with E-state index in [4.69, 9.17) is 4.74 Å². The zero-order chi connectivity index (χ0) is 20.5. The van der Waals surface area contributed by atoms with Crippen molar-refractivity contribution < 1.29 is 4.74 Å². The molecule has 1 aromatic heterocycles. The summed E-state index contributed by atoms with van der Waals surface area (Å²) in [5, 5.41) is 10.7. The van der Waals surface area contributed by atoms with Crippen molar-refractivity contribution >= 4 is 16.6 Å². The van der Waals surface area contributed by atoms with E-state index in [1.165, 1.54) is 35.7 Å². The number of nitrogens with one attached hydrogen (secondary N) is 1. The number of ether oxygens (including phenoxy) is 1. The Labute approximate surface area is 177 Å². The third kappa shape index (κ3) is 3.53. The fourth-order valence-corrected chi connectivity index (χ4v) is 5.30. The van der Waals surface area contributed by atoms with E-state index in [-0.39, 0.29) is 0 Å². The number of rotatable bonds is 4. The Morgan fingerprint density at radius 1 is 1.07 bits per heavy atom. The zero-order valence-corrected chi connectivity index (χ0v) is 17.5. The van der Waals surface area contributed by atoms with Crippen LogP contribution in [0.15, 0.2) is 48.7 Å².